The van der Waals surface area contributed by atoms with E-state index in [0.717, 1.165) is 29.5 Å². The van der Waals surface area contributed by atoms with Crippen molar-refractivity contribution >= 4 is 28.7 Å². The van der Waals surface area contributed by atoms with Crippen LogP contribution in [0.15, 0.2) is 30.3 Å². The standard InChI is InChI=1S/C13H9ClF2O2S/c1-7(13(17)11-2-3-12(14)19-11)18-10-5-8(15)4-9(16)6-10/h2-7H,1H3. The monoisotopic (exact) mass is 302 g/mol. The van der Waals surface area contributed by atoms with Crippen LogP contribution in [-0.4, -0.2) is 11.9 Å². The number of thiophene rings is 1. The minimum Gasteiger partial charge on any atom is -0.482 e. The SMILES string of the molecule is CC(Oc1cc(F)cc(F)c1)C(=O)c1ccc(Cl)s1. The number of carbonyl (C=O) groups excluding carboxylic acids is 1. The second kappa shape index (κ2) is 5.67. The molecule has 1 heterocycles. The lowest BCUT2D eigenvalue weighted by Gasteiger charge is -2.12. The van der Waals surface area contributed by atoms with Crippen LogP contribution in [-0.2, 0) is 0 Å². The quantitative estimate of drug-likeness (QED) is 0.786. The van der Waals surface area contributed by atoms with E-state index in [1.165, 1.54) is 6.92 Å². The molecule has 6 heteroatoms. The second-order valence-electron chi connectivity index (χ2n) is 3.83. The van der Waals surface area contributed by atoms with Crippen LogP contribution < -0.4 is 4.74 Å². The first-order chi connectivity index (χ1) is 8.95. The molecule has 1 aromatic carbocycles. The molecule has 1 unspecified atom stereocenters. The number of hydrogen-bond acceptors (Lipinski definition) is 3. The van der Waals surface area contributed by atoms with E-state index in [-0.39, 0.29) is 11.5 Å². The Morgan fingerprint density at radius 2 is 1.89 bits per heavy atom. The molecule has 0 aliphatic rings. The van der Waals surface area contributed by atoms with Crippen LogP contribution in [0.5, 0.6) is 5.75 Å². The summed E-state index contributed by atoms with van der Waals surface area (Å²) in [5.41, 5.74) is 0. The fourth-order valence-electron chi connectivity index (χ4n) is 1.50. The topological polar surface area (TPSA) is 26.3 Å². The van der Waals surface area contributed by atoms with E-state index in [4.69, 9.17) is 16.3 Å². The summed E-state index contributed by atoms with van der Waals surface area (Å²) in [4.78, 5) is 12.4. The van der Waals surface area contributed by atoms with E-state index in [0.29, 0.717) is 9.21 Å². The zero-order valence-electron chi connectivity index (χ0n) is 9.82. The number of rotatable bonds is 4. The highest BCUT2D eigenvalue weighted by Gasteiger charge is 2.19. The smallest absolute Gasteiger partial charge is 0.212 e. The van der Waals surface area contributed by atoms with Gasteiger partial charge in [-0.3, -0.25) is 4.79 Å². The average Bonchev–Trinajstić information content (AvgIpc) is 2.73. The van der Waals surface area contributed by atoms with Gasteiger partial charge in [0, 0.05) is 18.2 Å². The molecular weight excluding hydrogens is 294 g/mol. The number of halogens is 3. The molecule has 2 rings (SSSR count). The van der Waals surface area contributed by atoms with Crippen LogP contribution in [0, 0.1) is 11.6 Å². The summed E-state index contributed by atoms with van der Waals surface area (Å²) in [5, 5.41) is 0. The summed E-state index contributed by atoms with van der Waals surface area (Å²) in [6, 6.07) is 5.97. The zero-order chi connectivity index (χ0) is 14.0. The molecule has 0 aliphatic carbocycles. The van der Waals surface area contributed by atoms with Gasteiger partial charge in [-0.1, -0.05) is 11.6 Å². The maximum absolute atomic E-state index is 13.0. The normalized spacial score (nSPS) is 12.2. The number of benzene rings is 1. The van der Waals surface area contributed by atoms with Crippen molar-refractivity contribution in [1.29, 1.82) is 0 Å². The van der Waals surface area contributed by atoms with Gasteiger partial charge in [0.15, 0.2) is 6.10 Å². The van der Waals surface area contributed by atoms with Gasteiger partial charge in [-0.05, 0) is 19.1 Å². The summed E-state index contributed by atoms with van der Waals surface area (Å²) >= 11 is 6.87. The molecule has 0 amide bonds. The van der Waals surface area contributed by atoms with Crippen molar-refractivity contribution in [2.45, 2.75) is 13.0 Å². The van der Waals surface area contributed by atoms with Crippen molar-refractivity contribution in [3.63, 3.8) is 0 Å². The van der Waals surface area contributed by atoms with Crippen LogP contribution in [0.4, 0.5) is 8.78 Å². The third-order valence-electron chi connectivity index (χ3n) is 2.33. The third-order valence-corrected chi connectivity index (χ3v) is 3.58. The van der Waals surface area contributed by atoms with Gasteiger partial charge in [0.2, 0.25) is 5.78 Å². The van der Waals surface area contributed by atoms with Crippen LogP contribution >= 0.6 is 22.9 Å². The highest BCUT2D eigenvalue weighted by molar-refractivity contribution is 7.18. The number of ketones is 1. The van der Waals surface area contributed by atoms with Crippen molar-refractivity contribution in [2.24, 2.45) is 0 Å². The Labute approximate surface area is 117 Å². The molecule has 0 bridgehead atoms. The van der Waals surface area contributed by atoms with E-state index in [1.54, 1.807) is 12.1 Å². The molecule has 0 radical (unpaired) electrons. The summed E-state index contributed by atoms with van der Waals surface area (Å²) in [6.45, 7) is 1.51. The molecule has 2 nitrogen and oxygen atoms in total. The number of hydrogen-bond donors (Lipinski definition) is 0. The average molecular weight is 303 g/mol. The van der Waals surface area contributed by atoms with Crippen molar-refractivity contribution in [2.75, 3.05) is 0 Å². The summed E-state index contributed by atoms with van der Waals surface area (Å²) in [7, 11) is 0. The van der Waals surface area contributed by atoms with Crippen LogP contribution in [0.3, 0.4) is 0 Å². The molecule has 2 aromatic rings. The number of ether oxygens (including phenoxy) is 1. The Bertz CT molecular complexity index is 592. The fourth-order valence-corrected chi connectivity index (χ4v) is 2.56. The Morgan fingerprint density at radius 3 is 2.42 bits per heavy atom. The predicted molar refractivity (Wildman–Crippen MR) is 70.1 cm³/mol. The number of Topliss-reactive ketones (excluding diaryl/α,β-unsaturated/α-hetero) is 1. The molecule has 0 spiro atoms. The van der Waals surface area contributed by atoms with Gasteiger partial charge >= 0.3 is 0 Å². The molecule has 0 aliphatic heterocycles. The van der Waals surface area contributed by atoms with Gasteiger partial charge in [-0.2, -0.15) is 0 Å². The molecule has 1 atom stereocenters. The van der Waals surface area contributed by atoms with Gasteiger partial charge in [-0.25, -0.2) is 8.78 Å². The highest BCUT2D eigenvalue weighted by Crippen LogP contribution is 2.24. The van der Waals surface area contributed by atoms with E-state index in [1.807, 2.05) is 0 Å². The van der Waals surface area contributed by atoms with E-state index < -0.39 is 17.7 Å². The Morgan fingerprint density at radius 1 is 1.26 bits per heavy atom. The van der Waals surface area contributed by atoms with Crippen LogP contribution in [0.25, 0.3) is 0 Å². The lowest BCUT2D eigenvalue weighted by molar-refractivity contribution is 0.0821. The first-order valence-electron chi connectivity index (χ1n) is 5.38. The van der Waals surface area contributed by atoms with E-state index >= 15 is 0 Å². The molecule has 100 valence electrons. The maximum atomic E-state index is 13.0. The van der Waals surface area contributed by atoms with Crippen LogP contribution in [0.2, 0.25) is 4.34 Å². The summed E-state index contributed by atoms with van der Waals surface area (Å²) in [6.07, 6.45) is -0.851. The van der Waals surface area contributed by atoms with Gasteiger partial charge in [-0.15, -0.1) is 11.3 Å². The zero-order valence-corrected chi connectivity index (χ0v) is 11.4. The minimum absolute atomic E-state index is 0.0268. The largest absolute Gasteiger partial charge is 0.482 e. The first-order valence-corrected chi connectivity index (χ1v) is 6.57. The van der Waals surface area contributed by atoms with Crippen molar-refractivity contribution < 1.29 is 18.3 Å². The Kier molecular flexibility index (Phi) is 4.17. The molecule has 0 saturated heterocycles. The van der Waals surface area contributed by atoms with Crippen LogP contribution in [0.1, 0.15) is 16.6 Å². The van der Waals surface area contributed by atoms with E-state index in [2.05, 4.69) is 0 Å². The molecule has 0 N–H and O–H groups in total. The number of carbonyl (C=O) groups is 1. The second-order valence-corrected chi connectivity index (χ2v) is 5.55. The molecule has 1 aromatic heterocycles. The highest BCUT2D eigenvalue weighted by atomic mass is 35.5. The Hall–Kier alpha value is -1.46. The lowest BCUT2D eigenvalue weighted by Crippen LogP contribution is -2.23. The van der Waals surface area contributed by atoms with Crippen molar-refractivity contribution in [1.82, 2.24) is 0 Å². The lowest BCUT2D eigenvalue weighted by atomic mass is 10.2. The Balaban J connectivity index is 2.12. The fraction of sp³-hybridized carbons (Fsp3) is 0.154. The predicted octanol–water partition coefficient (Wildman–Crippen LogP) is 4.33. The van der Waals surface area contributed by atoms with Crippen molar-refractivity contribution in [3.05, 3.63) is 51.2 Å². The third kappa shape index (κ3) is 3.52. The van der Waals surface area contributed by atoms with E-state index in [9.17, 15) is 13.6 Å². The minimum atomic E-state index is -0.851. The van der Waals surface area contributed by atoms with Gasteiger partial charge < -0.3 is 4.74 Å². The summed E-state index contributed by atoms with van der Waals surface area (Å²) in [5.74, 6) is -1.83. The molecule has 19 heavy (non-hydrogen) atoms. The molecule has 0 fully saturated rings. The summed E-state index contributed by atoms with van der Waals surface area (Å²) < 4.78 is 31.7. The van der Waals surface area contributed by atoms with Gasteiger partial charge in [0.05, 0.1) is 9.21 Å². The van der Waals surface area contributed by atoms with Gasteiger partial charge in [0.25, 0.3) is 0 Å². The maximum Gasteiger partial charge on any atom is 0.212 e. The van der Waals surface area contributed by atoms with Gasteiger partial charge in [0.1, 0.15) is 17.4 Å². The first kappa shape index (κ1) is 14.0. The van der Waals surface area contributed by atoms with Crippen molar-refractivity contribution in [3.8, 4) is 5.75 Å². The molecular formula is C13H9ClF2O2S. The molecule has 0 saturated carbocycles.